The Labute approximate surface area is 193 Å². The van der Waals surface area contributed by atoms with Crippen molar-refractivity contribution in [1.82, 2.24) is 15.1 Å². The average molecular weight is 455 g/mol. The maximum atomic E-state index is 13.3. The first-order chi connectivity index (χ1) is 15.6. The molecule has 1 unspecified atom stereocenters. The van der Waals surface area contributed by atoms with Crippen molar-refractivity contribution in [2.24, 2.45) is 11.1 Å². The molecule has 1 aliphatic rings. The van der Waals surface area contributed by atoms with Gasteiger partial charge in [0.2, 0.25) is 5.91 Å². The van der Waals surface area contributed by atoms with Gasteiger partial charge in [0.1, 0.15) is 5.82 Å². The van der Waals surface area contributed by atoms with E-state index in [-0.39, 0.29) is 42.9 Å². The number of hydrogen-bond acceptors (Lipinski definition) is 4. The van der Waals surface area contributed by atoms with Crippen molar-refractivity contribution in [2.45, 2.75) is 46.4 Å². The molecule has 0 aromatic heterocycles. The molecule has 8 heteroatoms. The van der Waals surface area contributed by atoms with Crippen LogP contribution in [-0.4, -0.2) is 46.8 Å². The number of benzene rings is 2. The summed E-state index contributed by atoms with van der Waals surface area (Å²) in [6.07, 6.45) is -0.830. The smallest absolute Gasteiger partial charge is 0.264 e. The van der Waals surface area contributed by atoms with Crippen LogP contribution in [-0.2, 0) is 22.7 Å². The number of rotatable bonds is 6. The van der Waals surface area contributed by atoms with Crippen molar-refractivity contribution in [3.8, 4) is 0 Å². The number of carbonyl (C=O) groups excluding carboxylic acids is 3. The quantitative estimate of drug-likeness (QED) is 0.702. The minimum atomic E-state index is -1.07. The molecule has 33 heavy (non-hydrogen) atoms. The molecule has 1 heterocycles. The minimum absolute atomic E-state index is 0.192. The Balaban J connectivity index is 1.83. The van der Waals surface area contributed by atoms with E-state index in [4.69, 9.17) is 5.73 Å². The third-order valence-corrected chi connectivity index (χ3v) is 5.45. The predicted octanol–water partition coefficient (Wildman–Crippen LogP) is 2.65. The minimum Gasteiger partial charge on any atom is -0.349 e. The van der Waals surface area contributed by atoms with E-state index >= 15 is 0 Å². The van der Waals surface area contributed by atoms with E-state index in [1.807, 2.05) is 45.0 Å². The van der Waals surface area contributed by atoms with E-state index in [0.29, 0.717) is 6.54 Å². The van der Waals surface area contributed by atoms with Crippen LogP contribution in [0.3, 0.4) is 0 Å². The molecule has 1 aliphatic heterocycles. The molecule has 0 spiro atoms. The van der Waals surface area contributed by atoms with E-state index in [2.05, 4.69) is 5.32 Å². The van der Waals surface area contributed by atoms with Gasteiger partial charge in [-0.2, -0.15) is 0 Å². The monoisotopic (exact) mass is 454 g/mol. The molecule has 3 N–H and O–H groups in total. The number of carbonyl (C=O) groups is 3. The summed E-state index contributed by atoms with van der Waals surface area (Å²) in [4.78, 5) is 42.3. The molecular formula is C25H31FN4O3. The highest BCUT2D eigenvalue weighted by Gasteiger charge is 2.43. The molecule has 2 aromatic rings. The van der Waals surface area contributed by atoms with Crippen molar-refractivity contribution >= 4 is 17.7 Å². The Hall–Kier alpha value is -3.26. The standard InChI is InChI=1S/C25H31FN4O3/c1-25(2,3)14-21(31)29-11-12-30(24(33)19-7-9-20(26)10-8-19)23(29)22(32)28-16-18-6-4-5-17(13-18)15-27/h4-10,13,23H,11-12,14-16,27H2,1-3H3,(H,28,32). The van der Waals surface area contributed by atoms with Crippen molar-refractivity contribution in [3.63, 3.8) is 0 Å². The first-order valence-corrected chi connectivity index (χ1v) is 11.0. The fourth-order valence-electron chi connectivity index (χ4n) is 3.85. The molecule has 0 saturated carbocycles. The second-order valence-corrected chi connectivity index (χ2v) is 9.45. The fourth-order valence-corrected chi connectivity index (χ4v) is 3.85. The Morgan fingerprint density at radius 1 is 1.03 bits per heavy atom. The van der Waals surface area contributed by atoms with Gasteiger partial charge in [-0.15, -0.1) is 0 Å². The molecule has 7 nitrogen and oxygen atoms in total. The molecule has 3 amide bonds. The number of hydrogen-bond donors (Lipinski definition) is 2. The lowest BCUT2D eigenvalue weighted by Gasteiger charge is -2.31. The maximum absolute atomic E-state index is 13.3. The van der Waals surface area contributed by atoms with Gasteiger partial charge < -0.3 is 20.9 Å². The number of amides is 3. The number of nitrogens with one attached hydrogen (secondary N) is 1. The Kier molecular flexibility index (Phi) is 7.48. The lowest BCUT2D eigenvalue weighted by atomic mass is 9.91. The Morgan fingerprint density at radius 3 is 2.30 bits per heavy atom. The van der Waals surface area contributed by atoms with Gasteiger partial charge in [-0.1, -0.05) is 45.0 Å². The summed E-state index contributed by atoms with van der Waals surface area (Å²) in [6, 6.07) is 12.7. The van der Waals surface area contributed by atoms with Crippen LogP contribution in [0.4, 0.5) is 4.39 Å². The fraction of sp³-hybridized carbons (Fsp3) is 0.400. The predicted molar refractivity (Wildman–Crippen MR) is 123 cm³/mol. The molecular weight excluding hydrogens is 423 g/mol. The highest BCUT2D eigenvalue weighted by Crippen LogP contribution is 2.25. The molecule has 1 saturated heterocycles. The maximum Gasteiger partial charge on any atom is 0.264 e. The summed E-state index contributed by atoms with van der Waals surface area (Å²) in [6.45, 7) is 6.93. The molecule has 0 aliphatic carbocycles. The Morgan fingerprint density at radius 2 is 1.67 bits per heavy atom. The van der Waals surface area contributed by atoms with Crippen molar-refractivity contribution in [2.75, 3.05) is 13.1 Å². The van der Waals surface area contributed by atoms with Crippen LogP contribution in [0.5, 0.6) is 0 Å². The molecule has 176 valence electrons. The lowest BCUT2D eigenvalue weighted by Crippen LogP contribution is -2.54. The number of nitrogens with zero attached hydrogens (tertiary/aromatic N) is 2. The highest BCUT2D eigenvalue weighted by atomic mass is 19.1. The SMILES string of the molecule is CC(C)(C)CC(=O)N1CCN(C(=O)c2ccc(F)cc2)C1C(=O)NCc1cccc(CN)c1. The van der Waals surface area contributed by atoms with Gasteiger partial charge in [-0.25, -0.2) is 4.39 Å². The van der Waals surface area contributed by atoms with Crippen LogP contribution in [0.1, 0.15) is 48.7 Å². The zero-order valence-electron chi connectivity index (χ0n) is 19.3. The van der Waals surface area contributed by atoms with E-state index in [9.17, 15) is 18.8 Å². The molecule has 0 radical (unpaired) electrons. The summed E-state index contributed by atoms with van der Waals surface area (Å²) < 4.78 is 13.3. The van der Waals surface area contributed by atoms with Gasteiger partial charge in [0.25, 0.3) is 11.8 Å². The molecule has 0 bridgehead atoms. The average Bonchev–Trinajstić information content (AvgIpc) is 3.22. The first kappa shape index (κ1) is 24.4. The van der Waals surface area contributed by atoms with Gasteiger partial charge in [-0.05, 0) is 40.8 Å². The Bertz CT molecular complexity index is 1020. The third kappa shape index (κ3) is 6.16. The van der Waals surface area contributed by atoms with Gasteiger partial charge >= 0.3 is 0 Å². The highest BCUT2D eigenvalue weighted by molar-refractivity contribution is 5.99. The summed E-state index contributed by atoms with van der Waals surface area (Å²) in [5.41, 5.74) is 7.49. The van der Waals surface area contributed by atoms with Gasteiger partial charge in [0, 0.05) is 38.2 Å². The van der Waals surface area contributed by atoms with Crippen LogP contribution < -0.4 is 11.1 Å². The van der Waals surface area contributed by atoms with Crippen LogP contribution in [0.25, 0.3) is 0 Å². The van der Waals surface area contributed by atoms with Gasteiger partial charge in [0.15, 0.2) is 6.17 Å². The van der Waals surface area contributed by atoms with Crippen LogP contribution in [0.2, 0.25) is 0 Å². The molecule has 2 aromatic carbocycles. The van der Waals surface area contributed by atoms with Crippen molar-refractivity contribution < 1.29 is 18.8 Å². The zero-order chi connectivity index (χ0) is 24.2. The van der Waals surface area contributed by atoms with E-state index < -0.39 is 23.8 Å². The molecule has 1 fully saturated rings. The lowest BCUT2D eigenvalue weighted by molar-refractivity contribution is -0.142. The van der Waals surface area contributed by atoms with E-state index in [0.717, 1.165) is 11.1 Å². The van der Waals surface area contributed by atoms with Gasteiger partial charge in [-0.3, -0.25) is 14.4 Å². The topological polar surface area (TPSA) is 95.7 Å². The van der Waals surface area contributed by atoms with Crippen LogP contribution in [0, 0.1) is 11.2 Å². The van der Waals surface area contributed by atoms with E-state index in [1.54, 1.807) is 0 Å². The number of halogens is 1. The summed E-state index contributed by atoms with van der Waals surface area (Å²) >= 11 is 0. The summed E-state index contributed by atoms with van der Waals surface area (Å²) in [7, 11) is 0. The summed E-state index contributed by atoms with van der Waals surface area (Å²) in [5, 5.41) is 2.86. The third-order valence-electron chi connectivity index (χ3n) is 5.45. The largest absolute Gasteiger partial charge is 0.349 e. The van der Waals surface area contributed by atoms with Crippen LogP contribution >= 0.6 is 0 Å². The molecule has 1 atom stereocenters. The van der Waals surface area contributed by atoms with Crippen molar-refractivity contribution in [1.29, 1.82) is 0 Å². The first-order valence-electron chi connectivity index (χ1n) is 11.0. The zero-order valence-corrected chi connectivity index (χ0v) is 19.3. The molecule has 3 rings (SSSR count). The second-order valence-electron chi connectivity index (χ2n) is 9.45. The number of nitrogens with two attached hydrogens (primary N) is 1. The van der Waals surface area contributed by atoms with Gasteiger partial charge in [0.05, 0.1) is 0 Å². The second kappa shape index (κ2) is 10.1. The normalized spacial score (nSPS) is 16.1. The van der Waals surface area contributed by atoms with E-state index in [1.165, 1.54) is 34.1 Å². The van der Waals surface area contributed by atoms with Crippen molar-refractivity contribution in [3.05, 3.63) is 71.0 Å². The summed E-state index contributed by atoms with van der Waals surface area (Å²) in [5.74, 6) is -1.51. The van der Waals surface area contributed by atoms with Crippen LogP contribution in [0.15, 0.2) is 48.5 Å².